The van der Waals surface area contributed by atoms with Gasteiger partial charge in [-0.1, -0.05) is 66.9 Å². The van der Waals surface area contributed by atoms with Gasteiger partial charge in [0.25, 0.3) is 0 Å². The number of phenols is 1. The Morgan fingerprint density at radius 2 is 1.68 bits per heavy atom. The summed E-state index contributed by atoms with van der Waals surface area (Å²) < 4.78 is 0. The minimum absolute atomic E-state index is 0.0591. The molecule has 4 aliphatic carbocycles. The Balaban J connectivity index is 1.67. The van der Waals surface area contributed by atoms with Gasteiger partial charge in [0.1, 0.15) is 17.5 Å². The van der Waals surface area contributed by atoms with Crippen molar-refractivity contribution in [2.45, 2.75) is 105 Å². The monoisotopic (exact) mass is 564 g/mol. The highest BCUT2D eigenvalue weighted by atomic mass is 16.3. The molecule has 7 nitrogen and oxygen atoms in total. The fourth-order valence-corrected chi connectivity index (χ4v) is 8.98. The van der Waals surface area contributed by atoms with E-state index in [0.717, 1.165) is 31.2 Å². The molecule has 7 heteroatoms. The minimum atomic E-state index is -2.66. The number of aromatic hydroxyl groups is 1. The molecule has 0 saturated heterocycles. The molecule has 0 amide bonds. The molecule has 0 radical (unpaired) electrons. The lowest BCUT2D eigenvalue weighted by atomic mass is 9.39. The highest BCUT2D eigenvalue weighted by Crippen LogP contribution is 2.64. The lowest BCUT2D eigenvalue weighted by Crippen LogP contribution is -2.76. The zero-order valence-electron chi connectivity index (χ0n) is 25.4. The largest absolute Gasteiger partial charge is 0.507 e. The third kappa shape index (κ3) is 4.12. The smallest absolute Gasteiger partial charge is 0.190 e. The zero-order valence-corrected chi connectivity index (χ0v) is 25.4. The summed E-state index contributed by atoms with van der Waals surface area (Å²) in [5.41, 5.74) is -2.67. The van der Waals surface area contributed by atoms with Crippen LogP contribution in [0.5, 0.6) is 5.75 Å². The summed E-state index contributed by atoms with van der Waals surface area (Å²) in [5, 5.41) is 23.7. The second kappa shape index (κ2) is 9.68. The van der Waals surface area contributed by atoms with Crippen molar-refractivity contribution in [1.82, 2.24) is 0 Å². The van der Waals surface area contributed by atoms with Crippen LogP contribution in [0.1, 0.15) is 114 Å². The van der Waals surface area contributed by atoms with Gasteiger partial charge in [-0.05, 0) is 72.5 Å². The SMILES string of the molecule is CC(=O)C1C(=O)C(C(C)C)[C@@]2(C)C[C@@]3(C)Cc4c(C(C)C)cc(CCCC5CC5)c(O)c4C(=O)C3C(=O)[C@@]2(O)C1=O. The number of aliphatic hydroxyl groups is 1. The number of Topliss-reactive ketones (excluding diaryl/α,β-unsaturated/α-hetero) is 5. The summed E-state index contributed by atoms with van der Waals surface area (Å²) in [5.74, 6) is -7.60. The molecule has 0 aromatic heterocycles. The number of phenolic OH excluding ortho intramolecular Hbond substituents is 1. The number of rotatable bonds is 7. The van der Waals surface area contributed by atoms with Crippen molar-refractivity contribution in [2.75, 3.05) is 0 Å². The number of ketones is 5. The maximum Gasteiger partial charge on any atom is 0.190 e. The van der Waals surface area contributed by atoms with E-state index in [1.165, 1.54) is 12.8 Å². The van der Waals surface area contributed by atoms with Crippen LogP contribution in [0.4, 0.5) is 0 Å². The van der Waals surface area contributed by atoms with E-state index in [1.807, 2.05) is 26.8 Å². The van der Waals surface area contributed by atoms with Gasteiger partial charge in [-0.2, -0.15) is 0 Å². The van der Waals surface area contributed by atoms with Gasteiger partial charge in [-0.15, -0.1) is 0 Å². The predicted octanol–water partition coefficient (Wildman–Crippen LogP) is 4.95. The van der Waals surface area contributed by atoms with Crippen molar-refractivity contribution < 1.29 is 34.2 Å². The van der Waals surface area contributed by atoms with Crippen LogP contribution in [-0.2, 0) is 32.0 Å². The van der Waals surface area contributed by atoms with E-state index in [1.54, 1.807) is 20.8 Å². The third-order valence-corrected chi connectivity index (χ3v) is 10.9. The van der Waals surface area contributed by atoms with E-state index in [0.29, 0.717) is 24.0 Å². The number of aryl methyl sites for hydroxylation is 1. The highest BCUT2D eigenvalue weighted by Gasteiger charge is 2.76. The predicted molar refractivity (Wildman–Crippen MR) is 153 cm³/mol. The van der Waals surface area contributed by atoms with Crippen LogP contribution in [0, 0.1) is 40.4 Å². The van der Waals surface area contributed by atoms with Crippen molar-refractivity contribution in [3.8, 4) is 5.75 Å². The zero-order chi connectivity index (χ0) is 30.4. The molecule has 41 heavy (non-hydrogen) atoms. The fraction of sp³-hybridized carbons (Fsp3) is 0.676. The van der Waals surface area contributed by atoms with Crippen LogP contribution < -0.4 is 0 Å². The standard InChI is InChI=1S/C34H44O7/c1-16(2)21-13-20(10-8-9-19-11-12-19)27(36)24-22(21)14-32(6)15-33(7)25(17(3)4)28(37)23(18(5)35)30(39)34(33,41)31(40)26(32)29(24)38/h13,16-17,19,23,25-26,36,41H,8-12,14-15H2,1-7H3/t23?,25?,26?,32-,33-,34+/m1/s1. The van der Waals surface area contributed by atoms with E-state index >= 15 is 0 Å². The van der Waals surface area contributed by atoms with E-state index in [9.17, 15) is 34.2 Å². The number of carbonyl (C=O) groups excluding carboxylic acids is 5. The first-order valence-electron chi connectivity index (χ1n) is 15.3. The van der Waals surface area contributed by atoms with Gasteiger partial charge in [0.2, 0.25) is 0 Å². The molecule has 1 aromatic carbocycles. The average Bonchev–Trinajstić information content (AvgIpc) is 3.66. The van der Waals surface area contributed by atoms with Crippen LogP contribution in [0.25, 0.3) is 0 Å². The van der Waals surface area contributed by atoms with Crippen LogP contribution in [0.2, 0.25) is 0 Å². The Morgan fingerprint density at radius 3 is 2.22 bits per heavy atom. The summed E-state index contributed by atoms with van der Waals surface area (Å²) in [6.45, 7) is 12.2. The van der Waals surface area contributed by atoms with Crippen LogP contribution in [0.3, 0.4) is 0 Å². The first kappa shape index (κ1) is 29.8. The Hall–Kier alpha value is -2.67. The van der Waals surface area contributed by atoms with E-state index < -0.39 is 63.1 Å². The molecular formula is C34H44O7. The van der Waals surface area contributed by atoms with E-state index in [-0.39, 0.29) is 29.6 Å². The molecule has 0 aliphatic heterocycles. The molecule has 0 spiro atoms. The quantitative estimate of drug-likeness (QED) is 0.449. The van der Waals surface area contributed by atoms with Gasteiger partial charge in [-0.25, -0.2) is 0 Å². The van der Waals surface area contributed by atoms with Gasteiger partial charge in [0, 0.05) is 11.3 Å². The fourth-order valence-electron chi connectivity index (χ4n) is 8.98. The molecule has 1 aromatic rings. The van der Waals surface area contributed by atoms with Crippen molar-refractivity contribution in [1.29, 1.82) is 0 Å². The van der Waals surface area contributed by atoms with Crippen molar-refractivity contribution in [3.05, 3.63) is 28.3 Å². The molecule has 2 N–H and O–H groups in total. The lowest BCUT2D eigenvalue weighted by molar-refractivity contribution is -0.205. The van der Waals surface area contributed by atoms with Gasteiger partial charge in [-0.3, -0.25) is 24.0 Å². The van der Waals surface area contributed by atoms with Crippen LogP contribution in [-0.4, -0.2) is 44.7 Å². The van der Waals surface area contributed by atoms with Gasteiger partial charge >= 0.3 is 0 Å². The van der Waals surface area contributed by atoms with Crippen molar-refractivity contribution in [3.63, 3.8) is 0 Å². The topological polar surface area (TPSA) is 126 Å². The first-order chi connectivity index (χ1) is 19.0. The molecule has 6 atom stereocenters. The Labute approximate surface area is 242 Å². The lowest BCUT2D eigenvalue weighted by Gasteiger charge is -2.62. The molecule has 0 bridgehead atoms. The maximum atomic E-state index is 14.5. The van der Waals surface area contributed by atoms with E-state index in [4.69, 9.17) is 0 Å². The van der Waals surface area contributed by atoms with Gasteiger partial charge in [0.05, 0.1) is 11.5 Å². The van der Waals surface area contributed by atoms with E-state index in [2.05, 4.69) is 0 Å². The van der Waals surface area contributed by atoms with Crippen LogP contribution >= 0.6 is 0 Å². The summed E-state index contributed by atoms with van der Waals surface area (Å²) >= 11 is 0. The second-order valence-electron chi connectivity index (χ2n) is 14.6. The average molecular weight is 565 g/mol. The first-order valence-corrected chi connectivity index (χ1v) is 15.3. The summed E-state index contributed by atoms with van der Waals surface area (Å²) in [6, 6.07) is 2.01. The number of carbonyl (C=O) groups is 5. The maximum absolute atomic E-state index is 14.5. The number of benzene rings is 1. The molecule has 5 rings (SSSR count). The minimum Gasteiger partial charge on any atom is -0.507 e. The van der Waals surface area contributed by atoms with Gasteiger partial charge in [0.15, 0.2) is 28.7 Å². The Morgan fingerprint density at radius 1 is 1.05 bits per heavy atom. The molecule has 4 aliphatic rings. The Kier molecular flexibility index (Phi) is 7.04. The number of hydrogen-bond acceptors (Lipinski definition) is 7. The third-order valence-electron chi connectivity index (χ3n) is 10.9. The molecule has 0 heterocycles. The summed E-state index contributed by atoms with van der Waals surface area (Å²) in [6.07, 6.45) is 5.43. The van der Waals surface area contributed by atoms with Crippen LogP contribution in [0.15, 0.2) is 6.07 Å². The summed E-state index contributed by atoms with van der Waals surface area (Å²) in [4.78, 5) is 68.9. The highest BCUT2D eigenvalue weighted by molar-refractivity contribution is 6.32. The summed E-state index contributed by atoms with van der Waals surface area (Å²) in [7, 11) is 0. The second-order valence-corrected chi connectivity index (χ2v) is 14.6. The number of fused-ring (bicyclic) bond motifs is 3. The molecule has 3 fully saturated rings. The van der Waals surface area contributed by atoms with Crippen molar-refractivity contribution >= 4 is 28.9 Å². The molecule has 3 unspecified atom stereocenters. The molecule has 222 valence electrons. The normalized spacial score (nSPS) is 35.0. The Bertz CT molecular complexity index is 1370. The van der Waals surface area contributed by atoms with Gasteiger partial charge < -0.3 is 10.2 Å². The molecule has 3 saturated carbocycles. The van der Waals surface area contributed by atoms with Crippen molar-refractivity contribution in [2.24, 2.45) is 40.4 Å². The molecular weight excluding hydrogens is 520 g/mol. The number of hydrogen-bond donors (Lipinski definition) is 2.